The minimum Gasteiger partial charge on any atom is -0.449 e. The first-order chi connectivity index (χ1) is 8.65. The van der Waals surface area contributed by atoms with Crippen LogP contribution in [0.3, 0.4) is 0 Å². The molecule has 1 heterocycles. The van der Waals surface area contributed by atoms with Crippen molar-refractivity contribution in [1.82, 2.24) is 4.98 Å². The van der Waals surface area contributed by atoms with Gasteiger partial charge in [-0.2, -0.15) is 0 Å². The van der Waals surface area contributed by atoms with Crippen LogP contribution in [0.25, 0.3) is 0 Å². The quantitative estimate of drug-likeness (QED) is 0.905. The molecule has 2 rings (SSSR count). The highest BCUT2D eigenvalue weighted by Crippen LogP contribution is 2.13. The van der Waals surface area contributed by atoms with Crippen molar-refractivity contribution < 1.29 is 13.6 Å². The molecule has 0 radical (unpaired) electrons. The van der Waals surface area contributed by atoms with E-state index in [1.165, 1.54) is 18.4 Å². The standard InChI is InChI=1S/C13H13FN2O2/c1-9-15-10(8-18-9)6-7-13(17)16-12-5-3-2-4-11(12)14/h2-5,8H,6-7H2,1H3,(H,16,17). The minimum atomic E-state index is -0.442. The molecule has 0 aliphatic carbocycles. The van der Waals surface area contributed by atoms with E-state index in [1.807, 2.05) is 0 Å². The summed E-state index contributed by atoms with van der Waals surface area (Å²) in [6.45, 7) is 1.74. The normalized spacial score (nSPS) is 10.3. The van der Waals surface area contributed by atoms with Crippen LogP contribution in [0.1, 0.15) is 18.0 Å². The molecule has 0 bridgehead atoms. The smallest absolute Gasteiger partial charge is 0.224 e. The maximum atomic E-state index is 13.3. The van der Waals surface area contributed by atoms with Gasteiger partial charge < -0.3 is 9.73 Å². The summed E-state index contributed by atoms with van der Waals surface area (Å²) in [6.07, 6.45) is 2.23. The van der Waals surface area contributed by atoms with Gasteiger partial charge in [0.15, 0.2) is 5.89 Å². The molecule has 0 atom stereocenters. The van der Waals surface area contributed by atoms with Crippen molar-refractivity contribution in [2.24, 2.45) is 0 Å². The van der Waals surface area contributed by atoms with Gasteiger partial charge in [0, 0.05) is 19.8 Å². The molecule has 0 unspecified atom stereocenters. The predicted molar refractivity (Wildman–Crippen MR) is 64.6 cm³/mol. The number of halogens is 1. The van der Waals surface area contributed by atoms with E-state index in [-0.39, 0.29) is 18.0 Å². The van der Waals surface area contributed by atoms with E-state index in [1.54, 1.807) is 19.1 Å². The molecule has 1 amide bonds. The minimum absolute atomic E-state index is 0.193. The predicted octanol–water partition coefficient (Wildman–Crippen LogP) is 2.69. The number of para-hydroxylation sites is 1. The number of rotatable bonds is 4. The molecule has 2 aromatic rings. The van der Waals surface area contributed by atoms with Crippen LogP contribution in [0, 0.1) is 12.7 Å². The Balaban J connectivity index is 1.88. The fraction of sp³-hybridized carbons (Fsp3) is 0.231. The fourth-order valence-corrected chi connectivity index (χ4v) is 1.54. The molecule has 0 saturated carbocycles. The highest BCUT2D eigenvalue weighted by molar-refractivity contribution is 5.90. The van der Waals surface area contributed by atoms with Crippen LogP contribution >= 0.6 is 0 Å². The lowest BCUT2D eigenvalue weighted by atomic mass is 10.2. The molecule has 1 N–H and O–H groups in total. The van der Waals surface area contributed by atoms with E-state index in [4.69, 9.17) is 4.42 Å². The van der Waals surface area contributed by atoms with Gasteiger partial charge in [-0.3, -0.25) is 4.79 Å². The number of nitrogens with zero attached hydrogens (tertiary/aromatic N) is 1. The Morgan fingerprint density at radius 3 is 2.89 bits per heavy atom. The van der Waals surface area contributed by atoms with Crippen LogP contribution in [0.4, 0.5) is 10.1 Å². The van der Waals surface area contributed by atoms with Crippen LogP contribution in [-0.2, 0) is 11.2 Å². The summed E-state index contributed by atoms with van der Waals surface area (Å²) in [4.78, 5) is 15.7. The Hall–Kier alpha value is -2.17. The zero-order valence-corrected chi connectivity index (χ0v) is 9.94. The number of carbonyl (C=O) groups excluding carboxylic acids is 1. The molecule has 1 aromatic heterocycles. The van der Waals surface area contributed by atoms with Gasteiger partial charge in [0.25, 0.3) is 0 Å². The van der Waals surface area contributed by atoms with E-state index in [2.05, 4.69) is 10.3 Å². The lowest BCUT2D eigenvalue weighted by Gasteiger charge is -2.04. The summed E-state index contributed by atoms with van der Waals surface area (Å²) in [6, 6.07) is 6.06. The molecule has 0 aliphatic heterocycles. The van der Waals surface area contributed by atoms with Gasteiger partial charge in [-0.25, -0.2) is 9.37 Å². The molecule has 5 heteroatoms. The summed E-state index contributed by atoms with van der Waals surface area (Å²) in [5, 5.41) is 2.51. The van der Waals surface area contributed by atoms with Crippen molar-refractivity contribution in [1.29, 1.82) is 0 Å². The Morgan fingerprint density at radius 2 is 2.22 bits per heavy atom. The monoisotopic (exact) mass is 248 g/mol. The second-order valence-electron chi connectivity index (χ2n) is 3.89. The third-order valence-electron chi connectivity index (χ3n) is 2.42. The van der Waals surface area contributed by atoms with Gasteiger partial charge >= 0.3 is 0 Å². The van der Waals surface area contributed by atoms with E-state index in [0.717, 1.165) is 5.69 Å². The van der Waals surface area contributed by atoms with Gasteiger partial charge in [-0.1, -0.05) is 12.1 Å². The number of anilines is 1. The van der Waals surface area contributed by atoms with Gasteiger partial charge in [0.2, 0.25) is 5.91 Å². The average molecular weight is 248 g/mol. The lowest BCUT2D eigenvalue weighted by molar-refractivity contribution is -0.116. The van der Waals surface area contributed by atoms with E-state index in [9.17, 15) is 9.18 Å². The molecule has 0 saturated heterocycles. The van der Waals surface area contributed by atoms with Crippen LogP contribution < -0.4 is 5.32 Å². The maximum Gasteiger partial charge on any atom is 0.224 e. The summed E-state index contributed by atoms with van der Waals surface area (Å²) in [5.74, 6) is -0.122. The number of aryl methyl sites for hydroxylation is 2. The largest absolute Gasteiger partial charge is 0.449 e. The van der Waals surface area contributed by atoms with Crippen molar-refractivity contribution in [3.05, 3.63) is 47.9 Å². The summed E-state index contributed by atoms with van der Waals surface area (Å²) < 4.78 is 18.3. The molecule has 0 spiro atoms. The number of hydrogen-bond acceptors (Lipinski definition) is 3. The van der Waals surface area contributed by atoms with Gasteiger partial charge in [-0.15, -0.1) is 0 Å². The Morgan fingerprint density at radius 1 is 1.44 bits per heavy atom. The number of nitrogens with one attached hydrogen (secondary N) is 1. The SMILES string of the molecule is Cc1nc(CCC(=O)Nc2ccccc2F)co1. The number of hydrogen-bond donors (Lipinski definition) is 1. The Labute approximate surface area is 104 Å². The van der Waals surface area contributed by atoms with Crippen molar-refractivity contribution >= 4 is 11.6 Å². The highest BCUT2D eigenvalue weighted by Gasteiger charge is 2.08. The molecule has 1 aromatic carbocycles. The Kier molecular flexibility index (Phi) is 3.72. The number of amides is 1. The topological polar surface area (TPSA) is 55.1 Å². The molecular weight excluding hydrogens is 235 g/mol. The van der Waals surface area contributed by atoms with Crippen molar-refractivity contribution in [3.63, 3.8) is 0 Å². The lowest BCUT2D eigenvalue weighted by Crippen LogP contribution is -2.13. The van der Waals surface area contributed by atoms with Gasteiger partial charge in [0.05, 0.1) is 11.4 Å². The van der Waals surface area contributed by atoms with Crippen molar-refractivity contribution in [2.75, 3.05) is 5.32 Å². The van der Waals surface area contributed by atoms with Gasteiger partial charge in [0.1, 0.15) is 12.1 Å². The first kappa shape index (κ1) is 12.3. The molecule has 18 heavy (non-hydrogen) atoms. The van der Waals surface area contributed by atoms with E-state index >= 15 is 0 Å². The van der Waals surface area contributed by atoms with E-state index in [0.29, 0.717) is 12.3 Å². The summed E-state index contributed by atoms with van der Waals surface area (Å²) in [5.41, 5.74) is 0.912. The second-order valence-corrected chi connectivity index (χ2v) is 3.89. The third kappa shape index (κ3) is 3.16. The van der Waals surface area contributed by atoms with Crippen LogP contribution in [0.5, 0.6) is 0 Å². The molecule has 4 nitrogen and oxygen atoms in total. The van der Waals surface area contributed by atoms with E-state index < -0.39 is 5.82 Å². The number of benzene rings is 1. The fourth-order valence-electron chi connectivity index (χ4n) is 1.54. The first-order valence-electron chi connectivity index (χ1n) is 5.60. The van der Waals surface area contributed by atoms with Gasteiger partial charge in [-0.05, 0) is 12.1 Å². The Bertz CT molecular complexity index is 551. The molecule has 94 valence electrons. The van der Waals surface area contributed by atoms with Crippen LogP contribution in [0.2, 0.25) is 0 Å². The number of oxazole rings is 1. The average Bonchev–Trinajstić information content (AvgIpc) is 2.76. The summed E-state index contributed by atoms with van der Waals surface area (Å²) >= 11 is 0. The molecule has 0 fully saturated rings. The van der Waals surface area contributed by atoms with Crippen molar-refractivity contribution in [2.45, 2.75) is 19.8 Å². The maximum absolute atomic E-state index is 13.3. The van der Waals surface area contributed by atoms with Crippen molar-refractivity contribution in [3.8, 4) is 0 Å². The third-order valence-corrected chi connectivity index (χ3v) is 2.42. The number of aromatic nitrogens is 1. The van der Waals surface area contributed by atoms with Crippen LogP contribution in [0.15, 0.2) is 34.9 Å². The number of carbonyl (C=O) groups is 1. The zero-order chi connectivity index (χ0) is 13.0. The zero-order valence-electron chi connectivity index (χ0n) is 9.94. The second kappa shape index (κ2) is 5.44. The highest BCUT2D eigenvalue weighted by atomic mass is 19.1. The summed E-state index contributed by atoms with van der Waals surface area (Å²) in [7, 11) is 0. The molecular formula is C13H13FN2O2. The molecule has 0 aliphatic rings. The van der Waals surface area contributed by atoms with Crippen LogP contribution in [-0.4, -0.2) is 10.9 Å². The first-order valence-corrected chi connectivity index (χ1v) is 5.60.